The summed E-state index contributed by atoms with van der Waals surface area (Å²) in [5.74, 6) is 0.502. The normalized spacial score (nSPS) is 18.8. The first-order chi connectivity index (χ1) is 12.8. The molecule has 0 bridgehead atoms. The fraction of sp³-hybridized carbons (Fsp3) is 0.375. The molecule has 0 saturated carbocycles. The summed E-state index contributed by atoms with van der Waals surface area (Å²) in [7, 11) is 0. The van der Waals surface area contributed by atoms with Crippen molar-refractivity contribution >= 4 is 33.3 Å². The van der Waals surface area contributed by atoms with Crippen molar-refractivity contribution in [3.8, 4) is 6.07 Å². The molecular formula is C24H27BrN2. The molecule has 1 aliphatic rings. The van der Waals surface area contributed by atoms with Crippen molar-refractivity contribution in [1.29, 1.82) is 5.26 Å². The largest absolute Gasteiger partial charge is 0.366 e. The quantitative estimate of drug-likeness (QED) is 0.395. The van der Waals surface area contributed by atoms with E-state index >= 15 is 0 Å². The minimum atomic E-state index is 0.166. The van der Waals surface area contributed by atoms with E-state index in [2.05, 4.69) is 73.7 Å². The van der Waals surface area contributed by atoms with Crippen LogP contribution in [-0.4, -0.2) is 12.1 Å². The summed E-state index contributed by atoms with van der Waals surface area (Å²) in [6.45, 7) is 12.4. The van der Waals surface area contributed by atoms with Crippen molar-refractivity contribution in [3.63, 3.8) is 0 Å². The molecule has 2 nitrogen and oxygen atoms in total. The Morgan fingerprint density at radius 3 is 2.70 bits per heavy atom. The van der Waals surface area contributed by atoms with E-state index < -0.39 is 0 Å². The fourth-order valence-electron chi connectivity index (χ4n) is 4.40. The standard InChI is InChI=1S/C24H27BrN2/c1-6-27-23-10-16(2)19(13-22(23)17(3)14-24(27,4)5)11-20(15-26)18-8-7-9-21(25)12-18/h7-13,17H,6,14H2,1-5H3/b20-11-/t17-/m0/s1. The number of hydrogen-bond acceptors (Lipinski definition) is 2. The number of halogens is 1. The molecule has 0 aromatic heterocycles. The summed E-state index contributed by atoms with van der Waals surface area (Å²) in [5, 5.41) is 9.72. The molecule has 0 spiro atoms. The number of allylic oxidation sites excluding steroid dienone is 1. The number of nitriles is 1. The van der Waals surface area contributed by atoms with E-state index in [-0.39, 0.29) is 5.54 Å². The highest BCUT2D eigenvalue weighted by molar-refractivity contribution is 9.10. The summed E-state index contributed by atoms with van der Waals surface area (Å²) in [5.41, 5.74) is 6.87. The maximum atomic E-state index is 9.72. The van der Waals surface area contributed by atoms with Crippen molar-refractivity contribution in [2.45, 2.75) is 52.5 Å². The Bertz CT molecular complexity index is 934. The monoisotopic (exact) mass is 422 g/mol. The van der Waals surface area contributed by atoms with Crippen LogP contribution in [0.1, 0.15) is 62.3 Å². The minimum Gasteiger partial charge on any atom is -0.366 e. The molecule has 0 radical (unpaired) electrons. The zero-order valence-electron chi connectivity index (χ0n) is 16.8. The first-order valence-electron chi connectivity index (χ1n) is 9.56. The molecule has 0 N–H and O–H groups in total. The molecule has 0 unspecified atom stereocenters. The molecule has 0 amide bonds. The van der Waals surface area contributed by atoms with Gasteiger partial charge in [-0.3, -0.25) is 0 Å². The highest BCUT2D eigenvalue weighted by Crippen LogP contribution is 2.44. The van der Waals surface area contributed by atoms with Crippen LogP contribution < -0.4 is 4.90 Å². The van der Waals surface area contributed by atoms with Gasteiger partial charge in [-0.25, -0.2) is 0 Å². The molecule has 1 aliphatic heterocycles. The summed E-state index contributed by atoms with van der Waals surface area (Å²) in [4.78, 5) is 2.52. The van der Waals surface area contributed by atoms with Gasteiger partial charge in [0, 0.05) is 22.2 Å². The second-order valence-electron chi connectivity index (χ2n) is 8.11. The Labute approximate surface area is 171 Å². The lowest BCUT2D eigenvalue weighted by molar-refractivity contribution is 0.381. The third-order valence-corrected chi connectivity index (χ3v) is 6.14. The molecule has 1 heterocycles. The molecule has 2 aromatic rings. The lowest BCUT2D eigenvalue weighted by Gasteiger charge is -2.47. The van der Waals surface area contributed by atoms with Gasteiger partial charge in [-0.15, -0.1) is 0 Å². The van der Waals surface area contributed by atoms with Crippen LogP contribution in [-0.2, 0) is 0 Å². The van der Waals surface area contributed by atoms with Crippen LogP contribution in [0.3, 0.4) is 0 Å². The van der Waals surface area contributed by atoms with Crippen molar-refractivity contribution in [2.24, 2.45) is 0 Å². The Morgan fingerprint density at radius 1 is 1.33 bits per heavy atom. The molecular weight excluding hydrogens is 396 g/mol. The molecule has 2 aromatic carbocycles. The van der Waals surface area contributed by atoms with E-state index in [4.69, 9.17) is 0 Å². The van der Waals surface area contributed by atoms with Gasteiger partial charge in [-0.2, -0.15) is 5.26 Å². The number of aryl methyl sites for hydroxylation is 1. The smallest absolute Gasteiger partial charge is 0.0998 e. The summed E-state index contributed by atoms with van der Waals surface area (Å²) in [6.07, 6.45) is 3.16. The number of rotatable bonds is 3. The lowest BCUT2D eigenvalue weighted by Crippen LogP contribution is -2.48. The van der Waals surface area contributed by atoms with Crippen molar-refractivity contribution in [2.75, 3.05) is 11.4 Å². The second-order valence-corrected chi connectivity index (χ2v) is 9.03. The molecule has 140 valence electrons. The van der Waals surface area contributed by atoms with Crippen LogP contribution in [0.25, 0.3) is 11.6 Å². The van der Waals surface area contributed by atoms with Crippen molar-refractivity contribution < 1.29 is 0 Å². The average Bonchev–Trinajstić information content (AvgIpc) is 2.60. The summed E-state index contributed by atoms with van der Waals surface area (Å²) < 4.78 is 0.984. The maximum absolute atomic E-state index is 9.72. The van der Waals surface area contributed by atoms with Gasteiger partial charge < -0.3 is 4.90 Å². The van der Waals surface area contributed by atoms with Crippen LogP contribution in [0.4, 0.5) is 5.69 Å². The Balaban J connectivity index is 2.11. The van der Waals surface area contributed by atoms with Gasteiger partial charge in [-0.1, -0.05) is 35.0 Å². The van der Waals surface area contributed by atoms with E-state index in [1.807, 2.05) is 30.3 Å². The molecule has 0 aliphatic carbocycles. The zero-order valence-corrected chi connectivity index (χ0v) is 18.4. The summed E-state index contributed by atoms with van der Waals surface area (Å²) in [6, 6.07) is 14.9. The highest BCUT2D eigenvalue weighted by atomic mass is 79.9. The van der Waals surface area contributed by atoms with E-state index in [9.17, 15) is 5.26 Å². The van der Waals surface area contributed by atoms with Crippen LogP contribution in [0.2, 0.25) is 0 Å². The SMILES string of the molecule is CCN1c2cc(C)c(/C=C(/C#N)c3cccc(Br)c3)cc2[C@@H](C)CC1(C)C. The van der Waals surface area contributed by atoms with Crippen LogP contribution in [0.5, 0.6) is 0 Å². The van der Waals surface area contributed by atoms with E-state index in [0.29, 0.717) is 11.5 Å². The van der Waals surface area contributed by atoms with E-state index in [1.54, 1.807) is 0 Å². The van der Waals surface area contributed by atoms with Gasteiger partial charge in [0.1, 0.15) is 0 Å². The number of nitrogens with zero attached hydrogens (tertiary/aromatic N) is 2. The van der Waals surface area contributed by atoms with E-state index in [1.165, 1.54) is 16.8 Å². The third kappa shape index (κ3) is 3.82. The topological polar surface area (TPSA) is 27.0 Å². The third-order valence-electron chi connectivity index (χ3n) is 5.65. The number of fused-ring (bicyclic) bond motifs is 1. The molecule has 1 atom stereocenters. The molecule has 0 fully saturated rings. The molecule has 0 saturated heterocycles. The number of hydrogen-bond donors (Lipinski definition) is 0. The van der Waals surface area contributed by atoms with Gasteiger partial charge in [0.2, 0.25) is 0 Å². The first-order valence-corrected chi connectivity index (χ1v) is 10.4. The van der Waals surface area contributed by atoms with Gasteiger partial charge >= 0.3 is 0 Å². The van der Waals surface area contributed by atoms with E-state index in [0.717, 1.165) is 28.6 Å². The Hall–Kier alpha value is -2.05. The summed E-state index contributed by atoms with van der Waals surface area (Å²) >= 11 is 3.50. The van der Waals surface area contributed by atoms with Gasteiger partial charge in [0.15, 0.2) is 0 Å². The Kier molecular flexibility index (Phi) is 5.49. The predicted molar refractivity (Wildman–Crippen MR) is 119 cm³/mol. The fourth-order valence-corrected chi connectivity index (χ4v) is 4.80. The second kappa shape index (κ2) is 7.52. The van der Waals surface area contributed by atoms with Crippen LogP contribution in [0, 0.1) is 18.3 Å². The van der Waals surface area contributed by atoms with Gasteiger partial charge in [-0.05, 0) is 92.6 Å². The van der Waals surface area contributed by atoms with Crippen molar-refractivity contribution in [1.82, 2.24) is 0 Å². The maximum Gasteiger partial charge on any atom is 0.0998 e. The van der Waals surface area contributed by atoms with Crippen LogP contribution >= 0.6 is 15.9 Å². The molecule has 27 heavy (non-hydrogen) atoms. The zero-order chi connectivity index (χ0) is 19.8. The molecule has 3 heteroatoms. The molecule has 3 rings (SSSR count). The van der Waals surface area contributed by atoms with Gasteiger partial charge in [0.25, 0.3) is 0 Å². The average molecular weight is 423 g/mol. The first kappa shape index (κ1) is 19.7. The van der Waals surface area contributed by atoms with Gasteiger partial charge in [0.05, 0.1) is 11.6 Å². The predicted octanol–water partition coefficient (Wildman–Crippen LogP) is 6.93. The van der Waals surface area contributed by atoms with Crippen LogP contribution in [0.15, 0.2) is 40.9 Å². The number of benzene rings is 2. The minimum absolute atomic E-state index is 0.166. The highest BCUT2D eigenvalue weighted by Gasteiger charge is 2.35. The van der Waals surface area contributed by atoms with Crippen molar-refractivity contribution in [3.05, 3.63) is 63.1 Å². The Morgan fingerprint density at radius 2 is 2.07 bits per heavy atom. The lowest BCUT2D eigenvalue weighted by atomic mass is 9.79. The number of anilines is 1.